The van der Waals surface area contributed by atoms with E-state index in [4.69, 9.17) is 48.3 Å². The lowest BCUT2D eigenvalue weighted by molar-refractivity contribution is -0.274. The zero-order valence-electron chi connectivity index (χ0n) is 30.1. The molecule has 0 rings (SSSR count). The van der Waals surface area contributed by atoms with E-state index in [1.807, 2.05) is 18.8 Å². The van der Waals surface area contributed by atoms with Crippen LogP contribution in [0.1, 0.15) is 38.5 Å². The largest absolute Gasteiger partial charge is 0.465 e. The molecule has 0 fully saturated rings. The van der Waals surface area contributed by atoms with Crippen molar-refractivity contribution in [3.8, 4) is 0 Å². The van der Waals surface area contributed by atoms with Crippen molar-refractivity contribution >= 4 is 91.1 Å². The minimum atomic E-state index is -0.978. The molecule has 0 aromatic heterocycles. The second kappa shape index (κ2) is 31.6. The Balaban J connectivity index is 6.83. The van der Waals surface area contributed by atoms with Crippen LogP contribution in [0.5, 0.6) is 0 Å². The minimum Gasteiger partial charge on any atom is -0.465 e. The lowest BCUT2D eigenvalue weighted by Crippen LogP contribution is -2.45. The zero-order valence-corrected chi connectivity index (χ0v) is 35.3. The molecular weight excluding hydrogens is 773 g/mol. The topological polar surface area (TPSA) is 144 Å². The molecule has 3 unspecified atom stereocenters. The molecule has 13 nitrogen and oxygen atoms in total. The summed E-state index contributed by atoms with van der Waals surface area (Å²) >= 11 is 17.2. The van der Waals surface area contributed by atoms with Gasteiger partial charge in [-0.15, -0.1) is 0 Å². The van der Waals surface area contributed by atoms with E-state index >= 15 is 0 Å². The van der Waals surface area contributed by atoms with Crippen LogP contribution in [0, 0.1) is 10.8 Å². The van der Waals surface area contributed by atoms with E-state index in [0.717, 1.165) is 0 Å². The van der Waals surface area contributed by atoms with Gasteiger partial charge in [-0.3, -0.25) is 14.4 Å². The minimum absolute atomic E-state index is 0.0305. The van der Waals surface area contributed by atoms with E-state index in [1.54, 1.807) is 23.5 Å². The number of thioether (sulfide) groups is 3. The van der Waals surface area contributed by atoms with E-state index in [0.29, 0.717) is 36.5 Å². The highest BCUT2D eigenvalue weighted by molar-refractivity contribution is 7.99. The summed E-state index contributed by atoms with van der Waals surface area (Å²) in [6.45, 7) is 0.811. The van der Waals surface area contributed by atoms with E-state index < -0.39 is 22.8 Å². The fraction of sp³-hybridized carbons (Fsp3) is 0.903. The quantitative estimate of drug-likeness (QED) is 0.0272. The Bertz CT molecular complexity index is 852. The van der Waals surface area contributed by atoms with Gasteiger partial charge < -0.3 is 18.9 Å². The molecule has 0 bridgehead atoms. The van der Waals surface area contributed by atoms with Crippen LogP contribution in [0.4, 0.5) is 0 Å². The van der Waals surface area contributed by atoms with Crippen molar-refractivity contribution in [2.75, 3.05) is 110 Å². The maximum atomic E-state index is 12.7. The molecule has 0 aliphatic carbocycles. The molecule has 50 heavy (non-hydrogen) atoms. The van der Waals surface area contributed by atoms with Crippen LogP contribution in [0.15, 0.2) is 0 Å². The Morgan fingerprint density at radius 1 is 0.520 bits per heavy atom. The van der Waals surface area contributed by atoms with Crippen LogP contribution in [-0.4, -0.2) is 144 Å². The standard InChI is InChI=1S/C31H58O13S6/c1-35-42-16-24(48-4)13-30(21-39-27(32)7-10-45,14-25(49-5)17-43-36-2)19-38-20-31(22-40-28(33)8-11-46,23-41-29(34)9-12-47)15-26(50-6)18-44-37-3/h24-26,45-47H,7-23H2,1-6H3. The van der Waals surface area contributed by atoms with Crippen molar-refractivity contribution in [1.82, 2.24) is 0 Å². The predicted octanol–water partition coefficient (Wildman–Crippen LogP) is 4.66. The van der Waals surface area contributed by atoms with Gasteiger partial charge in [-0.25, -0.2) is 29.3 Å². The average molecular weight is 831 g/mol. The normalized spacial score (nSPS) is 14.8. The fourth-order valence-electron chi connectivity index (χ4n) is 4.85. The van der Waals surface area contributed by atoms with Gasteiger partial charge in [0.25, 0.3) is 0 Å². The molecular formula is C31H58O13S6. The first-order chi connectivity index (χ1) is 24.0. The first-order valence-corrected chi connectivity index (χ1v) is 21.7. The Morgan fingerprint density at radius 3 is 1.12 bits per heavy atom. The van der Waals surface area contributed by atoms with Gasteiger partial charge in [0.1, 0.15) is 13.2 Å². The summed E-state index contributed by atoms with van der Waals surface area (Å²) in [5, 5.41) is -0.264. The smallest absolute Gasteiger partial charge is 0.306 e. The van der Waals surface area contributed by atoms with Gasteiger partial charge in [0, 0.05) is 38.4 Å². The van der Waals surface area contributed by atoms with Crippen LogP contribution >= 0.6 is 73.2 Å². The van der Waals surface area contributed by atoms with Crippen molar-refractivity contribution < 1.29 is 62.7 Å². The summed E-state index contributed by atoms with van der Waals surface area (Å²) in [5.74, 6) is -0.282. The number of carbonyl (C=O) groups is 3. The Kier molecular flexibility index (Phi) is 31.7. The van der Waals surface area contributed by atoms with Gasteiger partial charge in [-0.2, -0.15) is 73.2 Å². The highest BCUT2D eigenvalue weighted by Gasteiger charge is 2.41. The summed E-state index contributed by atoms with van der Waals surface area (Å²) < 4.78 is 23.9. The van der Waals surface area contributed by atoms with Crippen LogP contribution < -0.4 is 0 Å². The average Bonchev–Trinajstić information content (AvgIpc) is 3.11. The lowest BCUT2D eigenvalue weighted by Gasteiger charge is -2.40. The molecule has 19 heteroatoms. The summed E-state index contributed by atoms with van der Waals surface area (Å²) in [6, 6.07) is 0. The van der Waals surface area contributed by atoms with Gasteiger partial charge in [0.2, 0.25) is 0 Å². The summed E-state index contributed by atoms with van der Waals surface area (Å²) in [6.07, 6.45) is 7.65. The van der Waals surface area contributed by atoms with E-state index in [-0.39, 0.29) is 93.8 Å². The van der Waals surface area contributed by atoms with Crippen LogP contribution in [0.3, 0.4) is 0 Å². The molecule has 0 heterocycles. The molecule has 296 valence electrons. The molecule has 0 aliphatic rings. The number of ether oxygens (including phenoxy) is 4. The molecule has 0 aliphatic heterocycles. The molecule has 0 radical (unpaired) electrons. The number of esters is 3. The second-order valence-electron chi connectivity index (χ2n) is 11.4. The van der Waals surface area contributed by atoms with Crippen molar-refractivity contribution in [3.05, 3.63) is 0 Å². The number of hydrogen-bond acceptors (Lipinski definition) is 19. The van der Waals surface area contributed by atoms with Crippen LogP contribution in [0.25, 0.3) is 0 Å². The van der Waals surface area contributed by atoms with Gasteiger partial charge >= 0.3 is 17.9 Å². The maximum Gasteiger partial charge on any atom is 0.306 e. The monoisotopic (exact) mass is 830 g/mol. The van der Waals surface area contributed by atoms with Crippen molar-refractivity contribution in [2.24, 2.45) is 10.8 Å². The Morgan fingerprint density at radius 2 is 0.820 bits per heavy atom. The second-order valence-corrected chi connectivity index (χ2v) is 16.2. The lowest BCUT2D eigenvalue weighted by atomic mass is 9.79. The summed E-state index contributed by atoms with van der Waals surface area (Å²) in [5.41, 5.74) is -1.72. The SMILES string of the molecule is COOCC(CC(COCC(COC(=O)CCS)(CC(COOC)SC)CC(COOC)SC)(COC(=O)CCS)COC(=O)CCS)SC. The number of carbonyl (C=O) groups excluding carboxylic acids is 3. The zero-order chi connectivity index (χ0) is 37.7. The molecule has 0 N–H and O–H groups in total. The van der Waals surface area contributed by atoms with Gasteiger partial charge in [-0.1, -0.05) is 0 Å². The van der Waals surface area contributed by atoms with Crippen LogP contribution in [0.2, 0.25) is 0 Å². The molecule has 0 saturated heterocycles. The summed E-state index contributed by atoms with van der Waals surface area (Å²) in [4.78, 5) is 68.5. The van der Waals surface area contributed by atoms with Crippen LogP contribution in [-0.2, 0) is 62.7 Å². The van der Waals surface area contributed by atoms with Gasteiger partial charge in [0.15, 0.2) is 0 Å². The Labute approximate surface area is 327 Å². The highest BCUT2D eigenvalue weighted by Crippen LogP contribution is 2.39. The third-order valence-electron chi connectivity index (χ3n) is 7.48. The van der Waals surface area contributed by atoms with Crippen molar-refractivity contribution in [3.63, 3.8) is 0 Å². The van der Waals surface area contributed by atoms with E-state index in [1.165, 1.54) is 33.1 Å². The van der Waals surface area contributed by atoms with Crippen molar-refractivity contribution in [2.45, 2.75) is 54.3 Å². The molecule has 3 atom stereocenters. The number of thiol groups is 3. The van der Waals surface area contributed by atoms with E-state index in [2.05, 4.69) is 37.9 Å². The first-order valence-electron chi connectivity index (χ1n) is 16.0. The third-order valence-corrected chi connectivity index (χ3v) is 11.1. The van der Waals surface area contributed by atoms with E-state index in [9.17, 15) is 14.4 Å². The van der Waals surface area contributed by atoms with Gasteiger partial charge in [-0.05, 0) is 38.0 Å². The number of rotatable bonds is 34. The molecule has 0 saturated carbocycles. The third kappa shape index (κ3) is 23.1. The van der Waals surface area contributed by atoms with Crippen molar-refractivity contribution in [1.29, 1.82) is 0 Å². The Hall–Kier alpha value is 0.230. The molecule has 0 aromatic rings. The molecule has 0 spiro atoms. The fourth-order valence-corrected chi connectivity index (χ4v) is 7.53. The maximum absolute atomic E-state index is 12.7. The summed E-state index contributed by atoms with van der Waals surface area (Å²) in [7, 11) is 4.32. The molecule has 0 aromatic carbocycles. The predicted molar refractivity (Wildman–Crippen MR) is 209 cm³/mol. The highest BCUT2D eigenvalue weighted by atomic mass is 32.2. The number of hydrogen-bond donors (Lipinski definition) is 3. The first kappa shape index (κ1) is 50.2. The van der Waals surface area contributed by atoms with Gasteiger partial charge in [0.05, 0.1) is 85.6 Å². The molecule has 0 amide bonds.